The zero-order valence-corrected chi connectivity index (χ0v) is 12.8. The van der Waals surface area contributed by atoms with E-state index in [1.807, 2.05) is 22.2 Å². The third kappa shape index (κ3) is 4.29. The van der Waals surface area contributed by atoms with Gasteiger partial charge in [0.25, 0.3) is 0 Å². The molecule has 1 unspecified atom stereocenters. The summed E-state index contributed by atoms with van der Waals surface area (Å²) in [5, 5.41) is 22.0. The largest absolute Gasteiger partial charge is 0.387 e. The lowest BCUT2D eigenvalue weighted by Gasteiger charge is -2.11. The molecule has 2 heterocycles. The molecule has 2 aromatic heterocycles. The van der Waals surface area contributed by atoms with Crippen molar-refractivity contribution >= 4 is 28.7 Å². The second-order valence-corrected chi connectivity index (χ2v) is 5.94. The SMILES string of the molecule is CCc1nc(CNC(=O)NCC(O)c2ccsc2)cs1. The fourth-order valence-corrected chi connectivity index (χ4v) is 3.05. The number of thiophene rings is 1. The molecule has 7 heteroatoms. The summed E-state index contributed by atoms with van der Waals surface area (Å²) in [5.74, 6) is 0. The highest BCUT2D eigenvalue weighted by Crippen LogP contribution is 2.15. The van der Waals surface area contributed by atoms with Gasteiger partial charge in [0.1, 0.15) is 0 Å². The Hall–Kier alpha value is -1.44. The minimum absolute atomic E-state index is 0.194. The number of hydrogen-bond acceptors (Lipinski definition) is 5. The molecule has 0 aliphatic carbocycles. The van der Waals surface area contributed by atoms with Crippen LogP contribution in [0.4, 0.5) is 4.79 Å². The zero-order valence-electron chi connectivity index (χ0n) is 11.1. The van der Waals surface area contributed by atoms with Crippen LogP contribution in [0.25, 0.3) is 0 Å². The van der Waals surface area contributed by atoms with E-state index in [9.17, 15) is 9.90 Å². The number of amides is 2. The van der Waals surface area contributed by atoms with Gasteiger partial charge in [-0.05, 0) is 28.8 Å². The first kappa shape index (κ1) is 15.0. The monoisotopic (exact) mass is 311 g/mol. The van der Waals surface area contributed by atoms with Crippen molar-refractivity contribution in [2.75, 3.05) is 6.54 Å². The van der Waals surface area contributed by atoms with Crippen LogP contribution in [0.1, 0.15) is 29.3 Å². The molecule has 0 aliphatic rings. The molecule has 0 saturated carbocycles. The van der Waals surface area contributed by atoms with Gasteiger partial charge in [-0.1, -0.05) is 6.92 Å². The van der Waals surface area contributed by atoms with Crippen molar-refractivity contribution in [1.82, 2.24) is 15.6 Å². The van der Waals surface area contributed by atoms with Gasteiger partial charge < -0.3 is 15.7 Å². The fourth-order valence-electron chi connectivity index (χ4n) is 1.60. The highest BCUT2D eigenvalue weighted by atomic mass is 32.1. The van der Waals surface area contributed by atoms with Gasteiger partial charge in [0.05, 0.1) is 23.4 Å². The maximum atomic E-state index is 11.6. The zero-order chi connectivity index (χ0) is 14.4. The Morgan fingerprint density at radius 3 is 2.95 bits per heavy atom. The van der Waals surface area contributed by atoms with Crippen LogP contribution < -0.4 is 10.6 Å². The maximum absolute atomic E-state index is 11.6. The quantitative estimate of drug-likeness (QED) is 0.766. The third-order valence-corrected chi connectivity index (χ3v) is 4.46. The number of aliphatic hydroxyl groups excluding tert-OH is 1. The summed E-state index contributed by atoms with van der Waals surface area (Å²) in [4.78, 5) is 16.0. The van der Waals surface area contributed by atoms with Gasteiger partial charge >= 0.3 is 6.03 Å². The van der Waals surface area contributed by atoms with Crippen molar-refractivity contribution in [1.29, 1.82) is 0 Å². The maximum Gasteiger partial charge on any atom is 0.315 e. The molecule has 0 bridgehead atoms. The van der Waals surface area contributed by atoms with Crippen molar-refractivity contribution in [2.24, 2.45) is 0 Å². The van der Waals surface area contributed by atoms with Crippen molar-refractivity contribution < 1.29 is 9.90 Å². The number of urea groups is 1. The van der Waals surface area contributed by atoms with Gasteiger partial charge in [-0.25, -0.2) is 9.78 Å². The fraction of sp³-hybridized carbons (Fsp3) is 0.385. The number of hydrogen-bond donors (Lipinski definition) is 3. The van der Waals surface area contributed by atoms with E-state index in [2.05, 4.69) is 22.5 Å². The van der Waals surface area contributed by atoms with Crippen LogP contribution in [0.5, 0.6) is 0 Å². The number of nitrogens with zero attached hydrogens (tertiary/aromatic N) is 1. The molecule has 20 heavy (non-hydrogen) atoms. The molecule has 2 rings (SSSR count). The molecule has 0 saturated heterocycles. The predicted molar refractivity (Wildman–Crippen MR) is 81.0 cm³/mol. The number of aliphatic hydroxyl groups is 1. The van der Waals surface area contributed by atoms with Gasteiger partial charge in [0.15, 0.2) is 0 Å². The van der Waals surface area contributed by atoms with E-state index >= 15 is 0 Å². The van der Waals surface area contributed by atoms with E-state index in [0.717, 1.165) is 22.7 Å². The molecule has 0 spiro atoms. The van der Waals surface area contributed by atoms with Crippen molar-refractivity contribution in [3.8, 4) is 0 Å². The Balaban J connectivity index is 1.70. The summed E-state index contributed by atoms with van der Waals surface area (Å²) >= 11 is 3.11. The molecule has 2 amide bonds. The molecular formula is C13H17N3O2S2. The van der Waals surface area contributed by atoms with Crippen LogP contribution in [-0.4, -0.2) is 22.7 Å². The van der Waals surface area contributed by atoms with Crippen molar-refractivity contribution in [3.05, 3.63) is 38.5 Å². The lowest BCUT2D eigenvalue weighted by atomic mass is 10.2. The summed E-state index contributed by atoms with van der Waals surface area (Å²) in [6, 6.07) is 1.54. The Labute approximate surface area is 125 Å². The van der Waals surface area contributed by atoms with E-state index in [1.165, 1.54) is 11.3 Å². The van der Waals surface area contributed by atoms with E-state index < -0.39 is 6.10 Å². The van der Waals surface area contributed by atoms with E-state index in [1.54, 1.807) is 11.3 Å². The molecule has 0 aromatic carbocycles. The van der Waals surface area contributed by atoms with Gasteiger partial charge in [0.2, 0.25) is 0 Å². The summed E-state index contributed by atoms with van der Waals surface area (Å²) in [5.41, 5.74) is 1.68. The third-order valence-electron chi connectivity index (χ3n) is 2.72. The first-order chi connectivity index (χ1) is 9.69. The number of carbonyl (C=O) groups is 1. The van der Waals surface area contributed by atoms with Crippen LogP contribution >= 0.6 is 22.7 Å². The van der Waals surface area contributed by atoms with Crippen LogP contribution in [0.2, 0.25) is 0 Å². The lowest BCUT2D eigenvalue weighted by Crippen LogP contribution is -2.37. The summed E-state index contributed by atoms with van der Waals surface area (Å²) in [7, 11) is 0. The molecular weight excluding hydrogens is 294 g/mol. The number of thiazole rings is 1. The second kappa shape index (κ2) is 7.37. The molecule has 2 aromatic rings. The Kier molecular flexibility index (Phi) is 5.51. The minimum Gasteiger partial charge on any atom is -0.387 e. The number of aromatic nitrogens is 1. The second-order valence-electron chi connectivity index (χ2n) is 4.22. The Bertz CT molecular complexity index is 540. The van der Waals surface area contributed by atoms with Crippen molar-refractivity contribution in [3.63, 3.8) is 0 Å². The first-order valence-electron chi connectivity index (χ1n) is 6.34. The van der Waals surface area contributed by atoms with E-state index in [0.29, 0.717) is 6.54 Å². The van der Waals surface area contributed by atoms with Crippen LogP contribution in [0.3, 0.4) is 0 Å². The first-order valence-corrected chi connectivity index (χ1v) is 8.16. The number of aryl methyl sites for hydroxylation is 1. The average molecular weight is 311 g/mol. The topological polar surface area (TPSA) is 74.2 Å². The highest BCUT2D eigenvalue weighted by molar-refractivity contribution is 7.09. The number of rotatable bonds is 6. The van der Waals surface area contributed by atoms with Gasteiger partial charge in [-0.15, -0.1) is 11.3 Å². The summed E-state index contributed by atoms with van der Waals surface area (Å²) in [6.45, 7) is 2.64. The molecule has 0 radical (unpaired) electrons. The molecule has 108 valence electrons. The minimum atomic E-state index is -0.669. The van der Waals surface area contributed by atoms with Crippen molar-refractivity contribution in [2.45, 2.75) is 26.0 Å². The average Bonchev–Trinajstić information content (AvgIpc) is 3.13. The molecule has 5 nitrogen and oxygen atoms in total. The van der Waals surface area contributed by atoms with Crippen LogP contribution in [0.15, 0.2) is 22.2 Å². The Morgan fingerprint density at radius 2 is 2.30 bits per heavy atom. The smallest absolute Gasteiger partial charge is 0.315 e. The molecule has 0 aliphatic heterocycles. The summed E-state index contributed by atoms with van der Waals surface area (Å²) < 4.78 is 0. The number of carbonyl (C=O) groups excluding carboxylic acids is 1. The molecule has 0 fully saturated rings. The van der Waals surface area contributed by atoms with Crippen LogP contribution in [-0.2, 0) is 13.0 Å². The number of nitrogens with one attached hydrogen (secondary N) is 2. The lowest BCUT2D eigenvalue weighted by molar-refractivity contribution is 0.173. The molecule has 1 atom stereocenters. The standard InChI is InChI=1S/C13H17N3O2S2/c1-2-12-16-10(8-20-12)5-14-13(18)15-6-11(17)9-3-4-19-7-9/h3-4,7-8,11,17H,2,5-6H2,1H3,(H2,14,15,18). The predicted octanol–water partition coefficient (Wildman–Crippen LogP) is 2.30. The highest BCUT2D eigenvalue weighted by Gasteiger charge is 2.09. The van der Waals surface area contributed by atoms with E-state index in [-0.39, 0.29) is 12.6 Å². The van der Waals surface area contributed by atoms with Gasteiger partial charge in [-0.3, -0.25) is 0 Å². The van der Waals surface area contributed by atoms with Crippen LogP contribution in [0, 0.1) is 0 Å². The van der Waals surface area contributed by atoms with E-state index in [4.69, 9.17) is 0 Å². The normalized spacial score (nSPS) is 12.1. The Morgan fingerprint density at radius 1 is 1.45 bits per heavy atom. The van der Waals surface area contributed by atoms with Gasteiger partial charge in [-0.2, -0.15) is 11.3 Å². The van der Waals surface area contributed by atoms with Gasteiger partial charge in [0, 0.05) is 11.9 Å². The summed E-state index contributed by atoms with van der Waals surface area (Å²) in [6.07, 6.45) is 0.238. The molecule has 3 N–H and O–H groups in total.